The first kappa shape index (κ1) is 5.05. The van der Waals surface area contributed by atoms with Gasteiger partial charge in [-0.3, -0.25) is 4.79 Å². The number of hydrogen-bond donors (Lipinski definition) is 1. The van der Waals surface area contributed by atoms with Gasteiger partial charge in [-0.2, -0.15) is 0 Å². The number of thiocarbonyl (C=S) groups is 1. The van der Waals surface area contributed by atoms with Gasteiger partial charge in [-0.15, -0.1) is 0 Å². The van der Waals surface area contributed by atoms with Crippen molar-refractivity contribution in [3.8, 4) is 0 Å². The van der Waals surface area contributed by atoms with E-state index in [1.165, 1.54) is 11.8 Å². The molecule has 0 aromatic rings. The summed E-state index contributed by atoms with van der Waals surface area (Å²) < 4.78 is 0.602. The fourth-order valence-corrected chi connectivity index (χ4v) is 1.13. The Morgan fingerprint density at radius 2 is 2.71 bits per heavy atom. The van der Waals surface area contributed by atoms with Crippen LogP contribution in [0.4, 0.5) is 0 Å². The number of carbonyl (C=O) groups excluding carboxylic acids is 1. The molecule has 2 nitrogen and oxygen atoms in total. The van der Waals surface area contributed by atoms with E-state index in [4.69, 9.17) is 0 Å². The molecule has 1 aliphatic heterocycles. The maximum Gasteiger partial charge on any atom is 1.00 e. The van der Waals surface area contributed by atoms with Gasteiger partial charge in [0, 0.05) is 0 Å². The van der Waals surface area contributed by atoms with E-state index >= 15 is 0 Å². The highest BCUT2D eigenvalue weighted by atomic mass is 32.2. The Labute approximate surface area is 52.1 Å². The fourth-order valence-electron chi connectivity index (χ4n) is 0.317. The molecule has 0 unspecified atom stereocenters. The van der Waals surface area contributed by atoms with Gasteiger partial charge in [0.25, 0.3) is 0 Å². The van der Waals surface area contributed by atoms with Crippen LogP contribution in [0.3, 0.4) is 0 Å². The molecule has 7 heavy (non-hydrogen) atoms. The van der Waals surface area contributed by atoms with Crippen molar-refractivity contribution in [1.29, 1.82) is 0 Å². The van der Waals surface area contributed by atoms with Crippen molar-refractivity contribution in [2.75, 3.05) is 5.75 Å². The summed E-state index contributed by atoms with van der Waals surface area (Å²) >= 11 is 6.00. The molecule has 0 aromatic heterocycles. The average Bonchev–Trinajstić information content (AvgIpc) is 1.87. The number of nitrogens with one attached hydrogen (secondary N) is 1. The quantitative estimate of drug-likeness (QED) is 0.481. The Balaban J connectivity index is 0.000000490. The minimum Gasteiger partial charge on any atom is -0.311 e. The van der Waals surface area contributed by atoms with Gasteiger partial charge in [0.2, 0.25) is 5.91 Å². The van der Waals surface area contributed by atoms with E-state index < -0.39 is 0 Å². The zero-order valence-corrected chi connectivity index (χ0v) is 5.06. The molecule has 0 aliphatic carbocycles. The minimum atomic E-state index is 0. The van der Waals surface area contributed by atoms with Crippen LogP contribution in [0.1, 0.15) is 1.43 Å². The topological polar surface area (TPSA) is 29.1 Å². The van der Waals surface area contributed by atoms with Crippen LogP contribution >= 0.6 is 24.0 Å². The molecule has 0 aromatic carbocycles. The van der Waals surface area contributed by atoms with Gasteiger partial charge < -0.3 is 5.32 Å². The monoisotopic (exact) mass is 134 g/mol. The van der Waals surface area contributed by atoms with Crippen LogP contribution in [0, 0.1) is 0 Å². The van der Waals surface area contributed by atoms with Crippen molar-refractivity contribution < 1.29 is 6.22 Å². The second-order valence-electron chi connectivity index (χ2n) is 1.12. The predicted molar refractivity (Wildman–Crippen MR) is 34.3 cm³/mol. The van der Waals surface area contributed by atoms with E-state index in [0.29, 0.717) is 10.1 Å². The Hall–Kier alpha value is -0.0900. The van der Waals surface area contributed by atoms with Gasteiger partial charge in [-0.1, -0.05) is 24.0 Å². The first-order valence-corrected chi connectivity index (χ1v) is 3.15. The van der Waals surface area contributed by atoms with Gasteiger partial charge >= 0.3 is 1.43 Å². The van der Waals surface area contributed by atoms with Gasteiger partial charge in [-0.05, 0) is 0 Å². The molecular weight excluding hydrogens is 130 g/mol. The zero-order chi connectivity index (χ0) is 5.28. The lowest BCUT2D eigenvalue weighted by Gasteiger charge is -1.81. The Morgan fingerprint density at radius 1 is 2.00 bits per heavy atom. The molecule has 1 saturated heterocycles. The van der Waals surface area contributed by atoms with E-state index in [2.05, 4.69) is 17.5 Å². The van der Waals surface area contributed by atoms with Crippen LogP contribution in [0.2, 0.25) is 0 Å². The molecule has 1 fully saturated rings. The molecule has 0 atom stereocenters. The molecule has 0 saturated carbocycles. The van der Waals surface area contributed by atoms with Crippen molar-refractivity contribution in [1.82, 2.24) is 5.32 Å². The number of amides is 1. The van der Waals surface area contributed by atoms with Gasteiger partial charge in [-0.25, -0.2) is 0 Å². The standard InChI is InChI=1S/C3H3NOS2/c5-2-1-7-3(6)4-2/h1H2,(H,4,5,6)/p+1. The van der Waals surface area contributed by atoms with E-state index in [1.807, 2.05) is 0 Å². The SMILES string of the molecule is O=C1CSC(=S)N1.[H+]. The Kier molecular flexibility index (Phi) is 1.30. The van der Waals surface area contributed by atoms with Gasteiger partial charge in [0.05, 0.1) is 5.75 Å². The average molecular weight is 134 g/mol. The lowest BCUT2D eigenvalue weighted by atomic mass is 10.7. The number of hydrogen-bond acceptors (Lipinski definition) is 3. The maximum absolute atomic E-state index is 10.2. The molecule has 38 valence electrons. The fraction of sp³-hybridized carbons (Fsp3) is 0.333. The van der Waals surface area contributed by atoms with Crippen LogP contribution < -0.4 is 5.32 Å². The molecule has 4 heteroatoms. The summed E-state index contributed by atoms with van der Waals surface area (Å²) in [5.74, 6) is 0.522. The summed E-state index contributed by atoms with van der Waals surface area (Å²) in [6, 6.07) is 0. The van der Waals surface area contributed by atoms with Crippen molar-refractivity contribution in [2.45, 2.75) is 0 Å². The van der Waals surface area contributed by atoms with Gasteiger partial charge in [0.15, 0.2) is 0 Å². The zero-order valence-electron chi connectivity index (χ0n) is 4.43. The molecule has 0 radical (unpaired) electrons. The first-order chi connectivity index (χ1) is 3.29. The molecule has 1 rings (SSSR count). The number of carbonyl (C=O) groups is 1. The van der Waals surface area contributed by atoms with E-state index in [-0.39, 0.29) is 7.33 Å². The highest BCUT2D eigenvalue weighted by Gasteiger charge is 2.13. The molecule has 0 bridgehead atoms. The third-order valence-electron chi connectivity index (χ3n) is 0.576. The van der Waals surface area contributed by atoms with Crippen LogP contribution in [-0.2, 0) is 4.79 Å². The number of thioether (sulfide) groups is 1. The Bertz CT molecular complexity index is 112. The van der Waals surface area contributed by atoms with Crippen molar-refractivity contribution in [3.63, 3.8) is 0 Å². The highest BCUT2D eigenvalue weighted by molar-refractivity contribution is 8.24. The summed E-state index contributed by atoms with van der Waals surface area (Å²) in [4.78, 5) is 10.2. The normalized spacial score (nSPS) is 20.0. The van der Waals surface area contributed by atoms with Gasteiger partial charge in [0.1, 0.15) is 4.32 Å². The minimum absolute atomic E-state index is 0. The number of rotatable bonds is 0. The second-order valence-corrected chi connectivity index (χ2v) is 2.78. The summed E-state index contributed by atoms with van der Waals surface area (Å²) in [7, 11) is 0. The van der Waals surface area contributed by atoms with Crippen LogP contribution in [0.5, 0.6) is 0 Å². The van der Waals surface area contributed by atoms with Crippen LogP contribution in [-0.4, -0.2) is 16.0 Å². The second kappa shape index (κ2) is 1.79. The van der Waals surface area contributed by atoms with E-state index in [1.54, 1.807) is 0 Å². The third-order valence-corrected chi connectivity index (χ3v) is 1.80. The van der Waals surface area contributed by atoms with Crippen LogP contribution in [0.25, 0.3) is 0 Å². The first-order valence-electron chi connectivity index (χ1n) is 1.75. The van der Waals surface area contributed by atoms with Crippen molar-refractivity contribution >= 4 is 34.2 Å². The van der Waals surface area contributed by atoms with Crippen molar-refractivity contribution in [2.24, 2.45) is 0 Å². The summed E-state index contributed by atoms with van der Waals surface area (Å²) in [5, 5.41) is 2.47. The molecule has 1 heterocycles. The van der Waals surface area contributed by atoms with E-state index in [9.17, 15) is 4.79 Å². The molecular formula is C3H4NOS2+. The summed E-state index contributed by atoms with van der Waals surface area (Å²) in [6.07, 6.45) is 0. The summed E-state index contributed by atoms with van der Waals surface area (Å²) in [6.45, 7) is 0. The Morgan fingerprint density at radius 3 is 2.86 bits per heavy atom. The lowest BCUT2D eigenvalue weighted by molar-refractivity contribution is -0.116. The maximum atomic E-state index is 10.2. The predicted octanol–water partition coefficient (Wildman–Crippen LogP) is 0.247. The highest BCUT2D eigenvalue weighted by Crippen LogP contribution is 2.06. The third kappa shape index (κ3) is 1.14. The molecule has 0 spiro atoms. The van der Waals surface area contributed by atoms with E-state index in [0.717, 1.165) is 0 Å². The largest absolute Gasteiger partial charge is 1.00 e. The molecule has 1 amide bonds. The molecule has 1 aliphatic rings. The summed E-state index contributed by atoms with van der Waals surface area (Å²) in [5.41, 5.74) is 0. The lowest BCUT2D eigenvalue weighted by Crippen LogP contribution is -2.18. The smallest absolute Gasteiger partial charge is 0.311 e. The van der Waals surface area contributed by atoms with Crippen molar-refractivity contribution in [3.05, 3.63) is 0 Å². The van der Waals surface area contributed by atoms with Crippen LogP contribution in [0.15, 0.2) is 0 Å². The molecule has 1 N–H and O–H groups in total.